The van der Waals surface area contributed by atoms with Crippen LogP contribution in [-0.2, 0) is 0 Å². The van der Waals surface area contributed by atoms with Crippen molar-refractivity contribution >= 4 is 0 Å². The Morgan fingerprint density at radius 1 is 1.20 bits per heavy atom. The SMILES string of the molecule is CCC[C@H](CCN)C(C)C. The molecule has 0 aromatic rings. The van der Waals surface area contributed by atoms with Gasteiger partial charge in [0.1, 0.15) is 0 Å². The van der Waals surface area contributed by atoms with Crippen molar-refractivity contribution < 1.29 is 0 Å². The molecule has 0 fully saturated rings. The van der Waals surface area contributed by atoms with Gasteiger partial charge >= 0.3 is 0 Å². The highest BCUT2D eigenvalue weighted by Crippen LogP contribution is 2.19. The van der Waals surface area contributed by atoms with Gasteiger partial charge in [0.2, 0.25) is 0 Å². The summed E-state index contributed by atoms with van der Waals surface area (Å²) in [6, 6.07) is 0. The third-order valence-corrected chi connectivity index (χ3v) is 2.14. The summed E-state index contributed by atoms with van der Waals surface area (Å²) in [7, 11) is 0. The normalized spacial score (nSPS) is 14.1. The molecule has 0 spiro atoms. The number of hydrogen-bond acceptors (Lipinski definition) is 1. The van der Waals surface area contributed by atoms with Crippen molar-refractivity contribution in [2.45, 2.75) is 40.0 Å². The van der Waals surface area contributed by atoms with Crippen LogP contribution in [0, 0.1) is 11.8 Å². The zero-order valence-electron chi connectivity index (χ0n) is 7.56. The van der Waals surface area contributed by atoms with E-state index in [1.54, 1.807) is 0 Å². The van der Waals surface area contributed by atoms with E-state index in [1.807, 2.05) is 0 Å². The second-order valence-electron chi connectivity index (χ2n) is 3.37. The lowest BCUT2D eigenvalue weighted by Gasteiger charge is -2.18. The third kappa shape index (κ3) is 3.89. The van der Waals surface area contributed by atoms with E-state index >= 15 is 0 Å². The maximum atomic E-state index is 5.50. The minimum Gasteiger partial charge on any atom is -0.330 e. The van der Waals surface area contributed by atoms with Crippen LogP contribution in [0.4, 0.5) is 0 Å². The van der Waals surface area contributed by atoms with E-state index in [-0.39, 0.29) is 0 Å². The van der Waals surface area contributed by atoms with Gasteiger partial charge in [0.15, 0.2) is 0 Å². The Bertz CT molecular complexity index is 63.1. The molecule has 0 radical (unpaired) electrons. The van der Waals surface area contributed by atoms with Crippen LogP contribution in [0.5, 0.6) is 0 Å². The Morgan fingerprint density at radius 3 is 2.10 bits per heavy atom. The summed E-state index contributed by atoms with van der Waals surface area (Å²) in [4.78, 5) is 0. The fourth-order valence-corrected chi connectivity index (χ4v) is 1.40. The van der Waals surface area contributed by atoms with Crippen LogP contribution < -0.4 is 5.73 Å². The van der Waals surface area contributed by atoms with Crippen molar-refractivity contribution in [3.8, 4) is 0 Å². The molecule has 0 aliphatic carbocycles. The number of hydrogen-bond donors (Lipinski definition) is 1. The van der Waals surface area contributed by atoms with Crippen LogP contribution in [0.15, 0.2) is 0 Å². The summed E-state index contributed by atoms with van der Waals surface area (Å²) in [5.41, 5.74) is 5.50. The first-order valence-corrected chi connectivity index (χ1v) is 4.42. The van der Waals surface area contributed by atoms with Gasteiger partial charge in [-0.1, -0.05) is 33.6 Å². The van der Waals surface area contributed by atoms with E-state index in [0.29, 0.717) is 0 Å². The molecule has 10 heavy (non-hydrogen) atoms. The zero-order valence-corrected chi connectivity index (χ0v) is 7.56. The van der Waals surface area contributed by atoms with Crippen molar-refractivity contribution in [3.05, 3.63) is 0 Å². The van der Waals surface area contributed by atoms with Gasteiger partial charge in [-0.25, -0.2) is 0 Å². The Balaban J connectivity index is 3.50. The van der Waals surface area contributed by atoms with Gasteiger partial charge in [-0.2, -0.15) is 0 Å². The number of rotatable bonds is 5. The van der Waals surface area contributed by atoms with E-state index in [9.17, 15) is 0 Å². The summed E-state index contributed by atoms with van der Waals surface area (Å²) in [6.07, 6.45) is 3.84. The van der Waals surface area contributed by atoms with E-state index in [0.717, 1.165) is 18.4 Å². The monoisotopic (exact) mass is 143 g/mol. The Kier molecular flexibility index (Phi) is 5.70. The van der Waals surface area contributed by atoms with Crippen molar-refractivity contribution in [3.63, 3.8) is 0 Å². The van der Waals surface area contributed by atoms with Crippen LogP contribution in [0.25, 0.3) is 0 Å². The van der Waals surface area contributed by atoms with E-state index in [1.165, 1.54) is 19.3 Å². The van der Waals surface area contributed by atoms with Gasteiger partial charge in [0.25, 0.3) is 0 Å². The molecule has 0 rings (SSSR count). The predicted octanol–water partition coefficient (Wildman–Crippen LogP) is 2.41. The maximum Gasteiger partial charge on any atom is -0.00745 e. The number of nitrogens with two attached hydrogens (primary N) is 1. The van der Waals surface area contributed by atoms with E-state index < -0.39 is 0 Å². The van der Waals surface area contributed by atoms with Crippen molar-refractivity contribution in [1.29, 1.82) is 0 Å². The fourth-order valence-electron chi connectivity index (χ4n) is 1.40. The van der Waals surface area contributed by atoms with Crippen LogP contribution in [0.1, 0.15) is 40.0 Å². The summed E-state index contributed by atoms with van der Waals surface area (Å²) >= 11 is 0. The molecule has 0 saturated heterocycles. The van der Waals surface area contributed by atoms with Crippen molar-refractivity contribution in [2.75, 3.05) is 6.54 Å². The lowest BCUT2D eigenvalue weighted by Crippen LogP contribution is -2.13. The predicted molar refractivity (Wildman–Crippen MR) is 46.9 cm³/mol. The highest BCUT2D eigenvalue weighted by atomic mass is 14.5. The van der Waals surface area contributed by atoms with Gasteiger partial charge in [0, 0.05) is 0 Å². The average Bonchev–Trinajstić information content (AvgIpc) is 1.87. The second-order valence-corrected chi connectivity index (χ2v) is 3.37. The third-order valence-electron chi connectivity index (χ3n) is 2.14. The maximum absolute atomic E-state index is 5.50. The largest absolute Gasteiger partial charge is 0.330 e. The van der Waals surface area contributed by atoms with Crippen LogP contribution in [0.2, 0.25) is 0 Å². The molecule has 0 aromatic heterocycles. The molecule has 0 bridgehead atoms. The smallest absolute Gasteiger partial charge is 0.00745 e. The van der Waals surface area contributed by atoms with Crippen LogP contribution >= 0.6 is 0 Å². The lowest BCUT2D eigenvalue weighted by molar-refractivity contribution is 0.338. The first kappa shape index (κ1) is 9.96. The summed E-state index contributed by atoms with van der Waals surface area (Å²) in [6.45, 7) is 7.67. The molecule has 0 saturated carbocycles. The average molecular weight is 143 g/mol. The summed E-state index contributed by atoms with van der Waals surface area (Å²) < 4.78 is 0. The molecule has 2 N–H and O–H groups in total. The first-order chi connectivity index (χ1) is 4.72. The molecule has 62 valence electrons. The molecule has 0 heterocycles. The van der Waals surface area contributed by atoms with Gasteiger partial charge in [0.05, 0.1) is 0 Å². The molecule has 0 aliphatic heterocycles. The van der Waals surface area contributed by atoms with Gasteiger partial charge < -0.3 is 5.73 Å². The Labute approximate surface area is 65.0 Å². The molecule has 0 amide bonds. The molecule has 1 atom stereocenters. The molecule has 0 aromatic carbocycles. The van der Waals surface area contributed by atoms with Crippen molar-refractivity contribution in [1.82, 2.24) is 0 Å². The standard InChI is InChI=1S/C9H21N/c1-4-5-9(6-7-10)8(2)3/h8-9H,4-7,10H2,1-3H3/t9-/m1/s1. The molecular weight excluding hydrogens is 122 g/mol. The summed E-state index contributed by atoms with van der Waals surface area (Å²) in [5, 5.41) is 0. The Hall–Kier alpha value is -0.0400. The molecule has 1 nitrogen and oxygen atoms in total. The highest BCUT2D eigenvalue weighted by Gasteiger charge is 2.09. The zero-order chi connectivity index (χ0) is 7.98. The Morgan fingerprint density at radius 2 is 1.80 bits per heavy atom. The molecule has 0 aliphatic rings. The van der Waals surface area contributed by atoms with Gasteiger partial charge in [-0.05, 0) is 24.8 Å². The summed E-state index contributed by atoms with van der Waals surface area (Å²) in [5.74, 6) is 1.67. The van der Waals surface area contributed by atoms with Crippen LogP contribution in [-0.4, -0.2) is 6.54 Å². The van der Waals surface area contributed by atoms with E-state index in [4.69, 9.17) is 5.73 Å². The molecular formula is C9H21N. The van der Waals surface area contributed by atoms with Crippen molar-refractivity contribution in [2.24, 2.45) is 17.6 Å². The topological polar surface area (TPSA) is 26.0 Å². The van der Waals surface area contributed by atoms with Gasteiger partial charge in [-0.3, -0.25) is 0 Å². The minimum absolute atomic E-state index is 0.809. The highest BCUT2D eigenvalue weighted by molar-refractivity contribution is 4.62. The minimum atomic E-state index is 0.809. The molecule has 1 heteroatoms. The van der Waals surface area contributed by atoms with Gasteiger partial charge in [-0.15, -0.1) is 0 Å². The first-order valence-electron chi connectivity index (χ1n) is 4.42. The fraction of sp³-hybridized carbons (Fsp3) is 1.00. The second kappa shape index (κ2) is 5.72. The van der Waals surface area contributed by atoms with E-state index in [2.05, 4.69) is 20.8 Å². The van der Waals surface area contributed by atoms with Crippen LogP contribution in [0.3, 0.4) is 0 Å². The molecule has 0 unspecified atom stereocenters. The quantitative estimate of drug-likeness (QED) is 0.628. The lowest BCUT2D eigenvalue weighted by atomic mass is 9.89.